The monoisotopic (exact) mass is 165 g/mol. The van der Waals surface area contributed by atoms with Gasteiger partial charge in [0.25, 0.3) is 10.2 Å². The number of hydrogen-bond donors (Lipinski definition) is 2. The minimum absolute atomic E-state index is 0.0893. The van der Waals surface area contributed by atoms with Crippen LogP contribution in [0.3, 0.4) is 0 Å². The summed E-state index contributed by atoms with van der Waals surface area (Å²) in [5.41, 5.74) is 5.48. The van der Waals surface area contributed by atoms with Crippen molar-refractivity contribution in [3.63, 3.8) is 0 Å². The molecular formula is C4H11N3O2S. The van der Waals surface area contributed by atoms with Crippen molar-refractivity contribution in [2.75, 3.05) is 20.1 Å². The molecule has 1 fully saturated rings. The van der Waals surface area contributed by atoms with Gasteiger partial charge in [0.05, 0.1) is 0 Å². The zero-order valence-electron chi connectivity index (χ0n) is 5.74. The van der Waals surface area contributed by atoms with E-state index in [4.69, 9.17) is 5.73 Å². The molecule has 0 amide bonds. The summed E-state index contributed by atoms with van der Waals surface area (Å²) < 4.78 is 25.3. The van der Waals surface area contributed by atoms with Gasteiger partial charge in [-0.05, 0) is 0 Å². The molecule has 1 heterocycles. The Kier molecular flexibility index (Phi) is 1.95. The molecule has 1 atom stereocenters. The minimum atomic E-state index is -3.19. The predicted octanol–water partition coefficient (Wildman–Crippen LogP) is -1.91. The first-order chi connectivity index (χ1) is 4.52. The first-order valence-corrected chi connectivity index (χ1v) is 4.43. The second-order valence-corrected chi connectivity index (χ2v) is 4.26. The van der Waals surface area contributed by atoms with Gasteiger partial charge in [0.15, 0.2) is 0 Å². The third kappa shape index (κ3) is 1.46. The molecule has 0 aromatic heterocycles. The topological polar surface area (TPSA) is 75.4 Å². The molecule has 1 unspecified atom stereocenters. The highest BCUT2D eigenvalue weighted by molar-refractivity contribution is 7.87. The highest BCUT2D eigenvalue weighted by Crippen LogP contribution is 1.99. The molecule has 0 aromatic rings. The van der Waals surface area contributed by atoms with Gasteiger partial charge in [0.2, 0.25) is 0 Å². The Morgan fingerprint density at radius 1 is 1.70 bits per heavy atom. The molecule has 0 radical (unpaired) electrons. The number of nitrogens with zero attached hydrogens (tertiary/aromatic N) is 1. The first-order valence-electron chi connectivity index (χ1n) is 2.99. The third-order valence-corrected chi connectivity index (χ3v) is 2.93. The molecule has 0 bridgehead atoms. The molecule has 1 saturated heterocycles. The fraction of sp³-hybridized carbons (Fsp3) is 1.00. The molecule has 5 nitrogen and oxygen atoms in total. The van der Waals surface area contributed by atoms with Gasteiger partial charge in [-0.2, -0.15) is 12.7 Å². The van der Waals surface area contributed by atoms with Crippen molar-refractivity contribution in [1.82, 2.24) is 9.03 Å². The van der Waals surface area contributed by atoms with Crippen molar-refractivity contribution in [3.05, 3.63) is 0 Å². The highest BCUT2D eigenvalue weighted by Gasteiger charge is 2.25. The van der Waals surface area contributed by atoms with Crippen LogP contribution in [0.4, 0.5) is 0 Å². The van der Waals surface area contributed by atoms with E-state index < -0.39 is 10.2 Å². The van der Waals surface area contributed by atoms with E-state index in [9.17, 15) is 8.42 Å². The molecular weight excluding hydrogens is 154 g/mol. The van der Waals surface area contributed by atoms with Crippen LogP contribution in [0.1, 0.15) is 0 Å². The molecule has 0 aliphatic carbocycles. The smallest absolute Gasteiger partial charge is 0.279 e. The van der Waals surface area contributed by atoms with Crippen LogP contribution < -0.4 is 10.5 Å². The molecule has 60 valence electrons. The van der Waals surface area contributed by atoms with Crippen LogP contribution in [0.2, 0.25) is 0 Å². The van der Waals surface area contributed by atoms with Crippen LogP contribution in [-0.2, 0) is 10.2 Å². The Morgan fingerprint density at radius 3 is 2.70 bits per heavy atom. The SMILES string of the molecule is CN1CC(N)CNS1(=O)=O. The van der Waals surface area contributed by atoms with E-state index in [1.165, 1.54) is 11.4 Å². The number of hydrogen-bond acceptors (Lipinski definition) is 3. The van der Waals surface area contributed by atoms with E-state index in [1.54, 1.807) is 0 Å². The fourth-order valence-corrected chi connectivity index (χ4v) is 1.85. The average molecular weight is 165 g/mol. The molecule has 1 aliphatic rings. The van der Waals surface area contributed by atoms with Gasteiger partial charge >= 0.3 is 0 Å². The summed E-state index contributed by atoms with van der Waals surface area (Å²) in [6, 6.07) is -0.0893. The maximum atomic E-state index is 10.9. The Bertz CT molecular complexity index is 213. The maximum absolute atomic E-state index is 10.9. The van der Waals surface area contributed by atoms with Crippen LogP contribution in [0.15, 0.2) is 0 Å². The van der Waals surface area contributed by atoms with Gasteiger partial charge in [0.1, 0.15) is 0 Å². The number of nitrogens with one attached hydrogen (secondary N) is 1. The lowest BCUT2D eigenvalue weighted by atomic mass is 10.3. The molecule has 0 saturated carbocycles. The van der Waals surface area contributed by atoms with Gasteiger partial charge in [-0.1, -0.05) is 0 Å². The Labute approximate surface area is 60.4 Å². The highest BCUT2D eigenvalue weighted by atomic mass is 32.2. The van der Waals surface area contributed by atoms with E-state index in [2.05, 4.69) is 4.72 Å². The van der Waals surface area contributed by atoms with Gasteiger partial charge in [-0.25, -0.2) is 4.72 Å². The number of rotatable bonds is 0. The van der Waals surface area contributed by atoms with Crippen LogP contribution in [-0.4, -0.2) is 38.9 Å². The van der Waals surface area contributed by atoms with Crippen LogP contribution in [0, 0.1) is 0 Å². The van der Waals surface area contributed by atoms with E-state index in [1.807, 2.05) is 0 Å². The van der Waals surface area contributed by atoms with Crippen LogP contribution in [0.25, 0.3) is 0 Å². The van der Waals surface area contributed by atoms with Gasteiger partial charge < -0.3 is 5.73 Å². The number of nitrogens with two attached hydrogens (primary N) is 1. The molecule has 6 heteroatoms. The Morgan fingerprint density at radius 2 is 2.30 bits per heavy atom. The summed E-state index contributed by atoms with van der Waals surface area (Å²) >= 11 is 0. The van der Waals surface area contributed by atoms with Crippen molar-refractivity contribution in [2.24, 2.45) is 5.73 Å². The molecule has 10 heavy (non-hydrogen) atoms. The maximum Gasteiger partial charge on any atom is 0.279 e. The standard InChI is InChI=1S/C4H11N3O2S/c1-7-3-4(5)2-6-10(7,8)9/h4,6H,2-3,5H2,1H3. The second-order valence-electron chi connectivity index (χ2n) is 2.39. The third-order valence-electron chi connectivity index (χ3n) is 1.43. The average Bonchev–Trinajstić information content (AvgIpc) is 1.81. The summed E-state index contributed by atoms with van der Waals surface area (Å²) in [4.78, 5) is 0. The zero-order chi connectivity index (χ0) is 7.78. The molecule has 3 N–H and O–H groups in total. The second kappa shape index (κ2) is 2.46. The van der Waals surface area contributed by atoms with Gasteiger partial charge in [-0.15, -0.1) is 0 Å². The Hall–Kier alpha value is -0.170. The molecule has 0 aromatic carbocycles. The van der Waals surface area contributed by atoms with E-state index in [0.29, 0.717) is 13.1 Å². The first kappa shape index (κ1) is 7.93. The zero-order valence-corrected chi connectivity index (χ0v) is 6.56. The molecule has 0 spiro atoms. The molecule has 1 rings (SSSR count). The van der Waals surface area contributed by atoms with Crippen molar-refractivity contribution >= 4 is 10.2 Å². The van der Waals surface area contributed by atoms with Crippen LogP contribution in [0.5, 0.6) is 0 Å². The normalized spacial score (nSPS) is 34.0. The minimum Gasteiger partial charge on any atom is -0.325 e. The van der Waals surface area contributed by atoms with Crippen LogP contribution >= 0.6 is 0 Å². The summed E-state index contributed by atoms with van der Waals surface area (Å²) in [6.45, 7) is 0.738. The lowest BCUT2D eigenvalue weighted by Gasteiger charge is -2.27. The lowest BCUT2D eigenvalue weighted by Crippen LogP contribution is -2.55. The van der Waals surface area contributed by atoms with Gasteiger partial charge in [0, 0.05) is 26.2 Å². The van der Waals surface area contributed by atoms with Crippen molar-refractivity contribution in [2.45, 2.75) is 6.04 Å². The van der Waals surface area contributed by atoms with E-state index in [0.717, 1.165) is 0 Å². The van der Waals surface area contributed by atoms with Crippen molar-refractivity contribution in [3.8, 4) is 0 Å². The predicted molar refractivity (Wildman–Crippen MR) is 37.5 cm³/mol. The Balaban J connectivity index is 2.70. The summed E-state index contributed by atoms with van der Waals surface area (Å²) in [5, 5.41) is 0. The lowest BCUT2D eigenvalue weighted by molar-refractivity contribution is 0.393. The van der Waals surface area contributed by atoms with Crippen molar-refractivity contribution < 1.29 is 8.42 Å². The van der Waals surface area contributed by atoms with Crippen molar-refractivity contribution in [1.29, 1.82) is 0 Å². The summed E-state index contributed by atoms with van der Waals surface area (Å²) in [6.07, 6.45) is 0. The van der Waals surface area contributed by atoms with Gasteiger partial charge in [-0.3, -0.25) is 0 Å². The largest absolute Gasteiger partial charge is 0.325 e. The summed E-state index contributed by atoms with van der Waals surface area (Å²) in [7, 11) is -1.69. The quantitative estimate of drug-likeness (QED) is 0.440. The fourth-order valence-electron chi connectivity index (χ4n) is 0.815. The number of likely N-dealkylation sites (N-methyl/N-ethyl adjacent to an activating group) is 1. The van der Waals surface area contributed by atoms with E-state index >= 15 is 0 Å². The molecule has 1 aliphatic heterocycles. The summed E-state index contributed by atoms with van der Waals surface area (Å²) in [5.74, 6) is 0. The van der Waals surface area contributed by atoms with E-state index in [-0.39, 0.29) is 6.04 Å².